The van der Waals surface area contributed by atoms with Crippen molar-refractivity contribution in [3.63, 3.8) is 0 Å². The Kier molecular flexibility index (Phi) is 4.61. The average Bonchev–Trinajstić information content (AvgIpc) is 2.66. The molecule has 1 aliphatic heterocycles. The number of aromatic nitrogens is 1. The highest BCUT2D eigenvalue weighted by Crippen LogP contribution is 2.38. The third-order valence-corrected chi connectivity index (χ3v) is 4.23. The number of carboxylic acid groups (broad SMARTS) is 1. The van der Waals surface area contributed by atoms with E-state index in [1.165, 1.54) is 0 Å². The van der Waals surface area contributed by atoms with E-state index in [2.05, 4.69) is 4.98 Å². The standard InChI is InChI=1S/C15H20BFN2O4/c1-14(2)15(3,4)23-16(22-14)9(7-18)5-10-6-11(13(20)21)12(17)8-19-10/h5-6,8H,7,18H2,1-4H3,(H,20,21). The third kappa shape index (κ3) is 3.44. The number of pyridine rings is 1. The summed E-state index contributed by atoms with van der Waals surface area (Å²) < 4.78 is 25.2. The number of hydrogen-bond donors (Lipinski definition) is 2. The summed E-state index contributed by atoms with van der Waals surface area (Å²) >= 11 is 0. The van der Waals surface area contributed by atoms with Gasteiger partial charge in [-0.3, -0.25) is 4.98 Å². The molecule has 0 aromatic carbocycles. The van der Waals surface area contributed by atoms with Crippen LogP contribution in [0.25, 0.3) is 6.08 Å². The van der Waals surface area contributed by atoms with Gasteiger partial charge in [-0.25, -0.2) is 9.18 Å². The molecule has 1 aromatic rings. The van der Waals surface area contributed by atoms with Crippen molar-refractivity contribution in [2.75, 3.05) is 6.54 Å². The molecule has 0 bridgehead atoms. The van der Waals surface area contributed by atoms with Gasteiger partial charge < -0.3 is 20.1 Å². The van der Waals surface area contributed by atoms with E-state index in [1.54, 1.807) is 6.08 Å². The molecule has 0 amide bonds. The fraction of sp³-hybridized carbons (Fsp3) is 0.467. The first-order valence-electron chi connectivity index (χ1n) is 7.22. The zero-order chi connectivity index (χ0) is 17.4. The van der Waals surface area contributed by atoms with Gasteiger partial charge in [0.15, 0.2) is 5.82 Å². The van der Waals surface area contributed by atoms with Crippen LogP contribution in [0, 0.1) is 5.82 Å². The molecule has 2 rings (SSSR count). The highest BCUT2D eigenvalue weighted by Gasteiger charge is 2.52. The van der Waals surface area contributed by atoms with Crippen molar-refractivity contribution in [1.82, 2.24) is 4.98 Å². The van der Waals surface area contributed by atoms with Gasteiger partial charge in [0.2, 0.25) is 0 Å². The summed E-state index contributed by atoms with van der Waals surface area (Å²) in [5.41, 5.74) is 5.15. The molecule has 0 saturated carbocycles. The highest BCUT2D eigenvalue weighted by atomic mass is 19.1. The number of hydrogen-bond acceptors (Lipinski definition) is 5. The van der Waals surface area contributed by atoms with Crippen LogP contribution in [-0.2, 0) is 9.31 Å². The normalized spacial score (nSPS) is 19.9. The number of carbonyl (C=O) groups is 1. The van der Waals surface area contributed by atoms with E-state index in [0.29, 0.717) is 5.47 Å². The Bertz CT molecular complexity index is 645. The number of halogens is 1. The Hall–Kier alpha value is -1.77. The Morgan fingerprint density at radius 1 is 1.39 bits per heavy atom. The van der Waals surface area contributed by atoms with Crippen LogP contribution in [-0.4, -0.2) is 40.9 Å². The molecule has 23 heavy (non-hydrogen) atoms. The zero-order valence-corrected chi connectivity index (χ0v) is 13.6. The first-order valence-corrected chi connectivity index (χ1v) is 7.22. The molecular weight excluding hydrogens is 302 g/mol. The number of rotatable bonds is 4. The monoisotopic (exact) mass is 322 g/mol. The Labute approximate surface area is 134 Å². The van der Waals surface area contributed by atoms with Crippen LogP contribution in [0.15, 0.2) is 17.7 Å². The van der Waals surface area contributed by atoms with Crippen LogP contribution in [0.4, 0.5) is 4.39 Å². The molecule has 3 N–H and O–H groups in total. The lowest BCUT2D eigenvalue weighted by Gasteiger charge is -2.32. The average molecular weight is 322 g/mol. The Morgan fingerprint density at radius 2 is 1.96 bits per heavy atom. The molecule has 0 unspecified atom stereocenters. The first-order chi connectivity index (χ1) is 10.6. The minimum absolute atomic E-state index is 0.137. The number of nitrogens with two attached hydrogens (primary N) is 1. The number of aromatic carboxylic acids is 1. The molecule has 1 aliphatic rings. The molecule has 1 aromatic heterocycles. The Morgan fingerprint density at radius 3 is 2.43 bits per heavy atom. The van der Waals surface area contributed by atoms with Gasteiger partial charge in [0.25, 0.3) is 0 Å². The van der Waals surface area contributed by atoms with Gasteiger partial charge in [-0.15, -0.1) is 0 Å². The SMILES string of the molecule is CC1(C)OB(C(=Cc2cc(C(=O)O)c(F)cn2)CN)OC1(C)C. The van der Waals surface area contributed by atoms with Crippen molar-refractivity contribution >= 4 is 19.2 Å². The highest BCUT2D eigenvalue weighted by molar-refractivity contribution is 6.55. The predicted octanol–water partition coefficient (Wildman–Crippen LogP) is 1.89. The first kappa shape index (κ1) is 17.6. The van der Waals surface area contributed by atoms with Gasteiger partial charge in [0, 0.05) is 6.54 Å². The van der Waals surface area contributed by atoms with E-state index in [9.17, 15) is 9.18 Å². The maximum atomic E-state index is 13.4. The van der Waals surface area contributed by atoms with Crippen molar-refractivity contribution in [2.45, 2.75) is 38.9 Å². The molecule has 0 atom stereocenters. The summed E-state index contributed by atoms with van der Waals surface area (Å²) in [7, 11) is -0.662. The van der Waals surface area contributed by atoms with Gasteiger partial charge in [-0.1, -0.05) is 0 Å². The van der Waals surface area contributed by atoms with Crippen molar-refractivity contribution in [1.29, 1.82) is 0 Å². The van der Waals surface area contributed by atoms with Crippen LogP contribution >= 0.6 is 0 Å². The maximum Gasteiger partial charge on any atom is 0.491 e. The van der Waals surface area contributed by atoms with Gasteiger partial charge in [-0.05, 0) is 45.3 Å². The van der Waals surface area contributed by atoms with Gasteiger partial charge in [0.05, 0.1) is 28.7 Å². The lowest BCUT2D eigenvalue weighted by Crippen LogP contribution is -2.41. The van der Waals surface area contributed by atoms with Crippen molar-refractivity contribution < 1.29 is 23.6 Å². The minimum atomic E-state index is -1.36. The summed E-state index contributed by atoms with van der Waals surface area (Å²) in [5.74, 6) is -2.25. The van der Waals surface area contributed by atoms with Crippen molar-refractivity contribution in [3.8, 4) is 0 Å². The van der Waals surface area contributed by atoms with Crippen molar-refractivity contribution in [2.24, 2.45) is 5.73 Å². The molecule has 8 heteroatoms. The second-order valence-corrected chi connectivity index (χ2v) is 6.41. The molecule has 1 fully saturated rings. The minimum Gasteiger partial charge on any atom is -0.478 e. The van der Waals surface area contributed by atoms with E-state index >= 15 is 0 Å². The fourth-order valence-electron chi connectivity index (χ4n) is 2.11. The number of carboxylic acids is 1. The van der Waals surface area contributed by atoms with E-state index in [-0.39, 0.29) is 12.2 Å². The smallest absolute Gasteiger partial charge is 0.478 e. The van der Waals surface area contributed by atoms with Crippen molar-refractivity contribution in [3.05, 3.63) is 34.8 Å². The second kappa shape index (κ2) is 6.03. The Balaban J connectivity index is 2.34. The van der Waals surface area contributed by atoms with Gasteiger partial charge in [-0.2, -0.15) is 0 Å². The quantitative estimate of drug-likeness (QED) is 0.822. The van der Waals surface area contributed by atoms with E-state index in [4.69, 9.17) is 20.1 Å². The summed E-state index contributed by atoms with van der Waals surface area (Å²) in [6.07, 6.45) is 2.43. The lowest BCUT2D eigenvalue weighted by atomic mass is 9.77. The summed E-state index contributed by atoms with van der Waals surface area (Å²) in [4.78, 5) is 14.9. The maximum absolute atomic E-state index is 13.4. The topological polar surface area (TPSA) is 94.7 Å². The summed E-state index contributed by atoms with van der Waals surface area (Å²) in [5, 5.41) is 8.97. The van der Waals surface area contributed by atoms with E-state index < -0.39 is 35.7 Å². The molecular formula is C15H20BFN2O4. The summed E-state index contributed by atoms with van der Waals surface area (Å²) in [6.45, 7) is 7.80. The van der Waals surface area contributed by atoms with Gasteiger partial charge in [0.1, 0.15) is 0 Å². The number of nitrogens with zero attached hydrogens (tertiary/aromatic N) is 1. The third-order valence-electron chi connectivity index (χ3n) is 4.23. The molecule has 2 heterocycles. The van der Waals surface area contributed by atoms with E-state index in [1.807, 2.05) is 27.7 Å². The molecule has 0 aliphatic carbocycles. The molecule has 124 valence electrons. The van der Waals surface area contributed by atoms with Crippen LogP contribution in [0.5, 0.6) is 0 Å². The fourth-order valence-corrected chi connectivity index (χ4v) is 2.11. The zero-order valence-electron chi connectivity index (χ0n) is 13.6. The van der Waals surface area contributed by atoms with Crippen LogP contribution in [0.1, 0.15) is 43.7 Å². The van der Waals surface area contributed by atoms with Crippen LogP contribution in [0.2, 0.25) is 0 Å². The molecule has 6 nitrogen and oxygen atoms in total. The van der Waals surface area contributed by atoms with Crippen LogP contribution < -0.4 is 5.73 Å². The second-order valence-electron chi connectivity index (χ2n) is 6.41. The molecule has 1 saturated heterocycles. The largest absolute Gasteiger partial charge is 0.491 e. The van der Waals surface area contributed by atoms with E-state index in [0.717, 1.165) is 12.3 Å². The lowest BCUT2D eigenvalue weighted by molar-refractivity contribution is 0.00578. The molecule has 0 spiro atoms. The summed E-state index contributed by atoms with van der Waals surface area (Å²) in [6, 6.07) is 1.15. The predicted molar refractivity (Wildman–Crippen MR) is 84.3 cm³/mol. The van der Waals surface area contributed by atoms with Gasteiger partial charge >= 0.3 is 13.1 Å². The van der Waals surface area contributed by atoms with Crippen LogP contribution in [0.3, 0.4) is 0 Å². The molecule has 0 radical (unpaired) electrons.